The van der Waals surface area contributed by atoms with E-state index >= 15 is 0 Å². The number of amides is 1. The van der Waals surface area contributed by atoms with Crippen molar-refractivity contribution in [3.05, 3.63) is 34.9 Å². The van der Waals surface area contributed by atoms with Crippen molar-refractivity contribution >= 4 is 17.5 Å². The number of rotatable bonds is 4. The minimum Gasteiger partial charge on any atom is -0.356 e. The first kappa shape index (κ1) is 16.4. The van der Waals surface area contributed by atoms with E-state index in [9.17, 15) is 4.79 Å². The second kappa shape index (κ2) is 6.83. The average Bonchev–Trinajstić information content (AvgIpc) is 2.36. The summed E-state index contributed by atoms with van der Waals surface area (Å²) < 4.78 is 0. The van der Waals surface area contributed by atoms with Gasteiger partial charge < -0.3 is 5.32 Å². The van der Waals surface area contributed by atoms with E-state index in [1.165, 1.54) is 12.0 Å². The van der Waals surface area contributed by atoms with Crippen LogP contribution in [-0.2, 0) is 11.2 Å². The summed E-state index contributed by atoms with van der Waals surface area (Å²) in [5, 5.41) is 3.85. The topological polar surface area (TPSA) is 29.1 Å². The summed E-state index contributed by atoms with van der Waals surface area (Å²) in [6.07, 6.45) is 4.07. The molecular weight excluding hydrogens is 282 g/mol. The van der Waals surface area contributed by atoms with Crippen LogP contribution < -0.4 is 5.32 Å². The van der Waals surface area contributed by atoms with Gasteiger partial charge in [-0.2, -0.15) is 0 Å². The highest BCUT2D eigenvalue weighted by molar-refractivity contribution is 6.30. The first-order valence-corrected chi connectivity index (χ1v) is 8.26. The van der Waals surface area contributed by atoms with Crippen LogP contribution in [0.2, 0.25) is 5.02 Å². The first-order chi connectivity index (χ1) is 9.85. The number of carbonyl (C=O) groups excluding carboxylic acids is 1. The summed E-state index contributed by atoms with van der Waals surface area (Å²) >= 11 is 5.97. The highest BCUT2D eigenvalue weighted by Gasteiger charge is 2.35. The van der Waals surface area contributed by atoms with Gasteiger partial charge in [-0.3, -0.25) is 4.79 Å². The summed E-state index contributed by atoms with van der Waals surface area (Å²) in [6, 6.07) is 7.82. The number of carbonyl (C=O) groups is 1. The molecule has 0 radical (unpaired) electrons. The van der Waals surface area contributed by atoms with Gasteiger partial charge in [-0.1, -0.05) is 44.5 Å². The van der Waals surface area contributed by atoms with Crippen LogP contribution in [0.3, 0.4) is 0 Å². The Kier molecular flexibility index (Phi) is 5.32. The molecule has 0 unspecified atom stereocenters. The van der Waals surface area contributed by atoms with Gasteiger partial charge in [0.2, 0.25) is 5.91 Å². The zero-order chi connectivity index (χ0) is 15.5. The van der Waals surface area contributed by atoms with Gasteiger partial charge in [-0.25, -0.2) is 0 Å². The minimum absolute atomic E-state index is 0.170. The van der Waals surface area contributed by atoms with Crippen LogP contribution in [0.25, 0.3) is 0 Å². The van der Waals surface area contributed by atoms with Crippen molar-refractivity contribution in [1.29, 1.82) is 0 Å². The van der Waals surface area contributed by atoms with E-state index in [1.807, 2.05) is 24.3 Å². The zero-order valence-corrected chi connectivity index (χ0v) is 14.0. The molecular formula is C18H26ClNO. The van der Waals surface area contributed by atoms with Crippen LogP contribution >= 0.6 is 11.6 Å². The summed E-state index contributed by atoms with van der Waals surface area (Å²) in [5.74, 6) is 1.03. The van der Waals surface area contributed by atoms with Gasteiger partial charge in [0.15, 0.2) is 0 Å². The third-order valence-corrected chi connectivity index (χ3v) is 4.59. The fraction of sp³-hybridized carbons (Fsp3) is 0.611. The summed E-state index contributed by atoms with van der Waals surface area (Å²) in [4.78, 5) is 12.4. The van der Waals surface area contributed by atoms with E-state index in [0.29, 0.717) is 12.5 Å². The first-order valence-electron chi connectivity index (χ1n) is 7.88. The van der Waals surface area contributed by atoms with Crippen LogP contribution in [0.1, 0.15) is 45.6 Å². The lowest BCUT2D eigenvalue weighted by atomic mass is 9.68. The third-order valence-electron chi connectivity index (χ3n) is 4.36. The number of hydrogen-bond donors (Lipinski definition) is 1. The Morgan fingerprint density at radius 1 is 1.38 bits per heavy atom. The molecule has 2 rings (SSSR count). The lowest BCUT2D eigenvalue weighted by Gasteiger charge is -2.38. The van der Waals surface area contributed by atoms with Crippen molar-refractivity contribution in [3.63, 3.8) is 0 Å². The molecule has 3 heteroatoms. The monoisotopic (exact) mass is 307 g/mol. The summed E-state index contributed by atoms with van der Waals surface area (Å²) in [5.41, 5.74) is 1.45. The Hall–Kier alpha value is -1.02. The molecule has 1 fully saturated rings. The molecule has 1 aliphatic carbocycles. The Morgan fingerprint density at radius 3 is 2.81 bits per heavy atom. The summed E-state index contributed by atoms with van der Waals surface area (Å²) in [6.45, 7) is 7.49. The fourth-order valence-electron chi connectivity index (χ4n) is 3.71. The second-order valence-electron chi connectivity index (χ2n) is 7.28. The fourth-order valence-corrected chi connectivity index (χ4v) is 3.93. The van der Waals surface area contributed by atoms with Gasteiger partial charge in [0.25, 0.3) is 0 Å². The van der Waals surface area contributed by atoms with Crippen LogP contribution in [0.15, 0.2) is 24.3 Å². The molecule has 1 aromatic carbocycles. The Morgan fingerprint density at radius 2 is 2.14 bits per heavy atom. The van der Waals surface area contributed by atoms with Gasteiger partial charge in [0.05, 0.1) is 0 Å². The smallest absolute Gasteiger partial charge is 0.223 e. The number of hydrogen-bond acceptors (Lipinski definition) is 1. The Labute approximate surface area is 133 Å². The van der Waals surface area contributed by atoms with Crippen LogP contribution in [-0.4, -0.2) is 12.5 Å². The quantitative estimate of drug-likeness (QED) is 0.874. The Bertz CT molecular complexity index is 498. The predicted octanol–water partition coefficient (Wildman–Crippen LogP) is 4.46. The van der Waals surface area contributed by atoms with Gasteiger partial charge in [0, 0.05) is 17.5 Å². The lowest BCUT2D eigenvalue weighted by molar-refractivity contribution is -0.127. The van der Waals surface area contributed by atoms with Gasteiger partial charge in [-0.05, 0) is 54.7 Å². The highest BCUT2D eigenvalue weighted by atomic mass is 35.5. The summed E-state index contributed by atoms with van der Waals surface area (Å²) in [7, 11) is 0. The molecule has 0 aliphatic heterocycles. The number of halogens is 1. The molecule has 0 aromatic heterocycles. The van der Waals surface area contributed by atoms with E-state index in [4.69, 9.17) is 11.6 Å². The van der Waals surface area contributed by atoms with E-state index < -0.39 is 0 Å². The van der Waals surface area contributed by atoms with Gasteiger partial charge >= 0.3 is 0 Å². The van der Waals surface area contributed by atoms with Gasteiger partial charge in [0.1, 0.15) is 0 Å². The van der Waals surface area contributed by atoms with Crippen molar-refractivity contribution in [2.24, 2.45) is 17.3 Å². The van der Waals surface area contributed by atoms with E-state index in [0.717, 1.165) is 24.3 Å². The molecule has 1 amide bonds. The lowest BCUT2D eigenvalue weighted by Crippen LogP contribution is -2.39. The third kappa shape index (κ3) is 5.03. The SMILES string of the molecule is C[C@@H]1C[C@H](C(=O)NCCc2cccc(Cl)c2)CC(C)(C)C1. The maximum absolute atomic E-state index is 12.4. The van der Waals surface area contributed by atoms with E-state index in [1.54, 1.807) is 0 Å². The second-order valence-corrected chi connectivity index (χ2v) is 7.72. The number of nitrogens with one attached hydrogen (secondary N) is 1. The van der Waals surface area contributed by atoms with Crippen molar-refractivity contribution in [2.75, 3.05) is 6.54 Å². The normalized spacial score (nSPS) is 24.6. The van der Waals surface area contributed by atoms with Crippen molar-refractivity contribution in [3.8, 4) is 0 Å². The molecule has 116 valence electrons. The molecule has 21 heavy (non-hydrogen) atoms. The predicted molar refractivity (Wildman–Crippen MR) is 88.5 cm³/mol. The van der Waals surface area contributed by atoms with Crippen molar-refractivity contribution in [1.82, 2.24) is 5.32 Å². The van der Waals surface area contributed by atoms with Crippen molar-refractivity contribution < 1.29 is 4.79 Å². The number of benzene rings is 1. The highest BCUT2D eigenvalue weighted by Crippen LogP contribution is 2.41. The molecule has 2 nitrogen and oxygen atoms in total. The van der Waals surface area contributed by atoms with E-state index in [-0.39, 0.29) is 17.2 Å². The molecule has 2 atom stereocenters. The van der Waals surface area contributed by atoms with Crippen LogP contribution in [0.4, 0.5) is 0 Å². The zero-order valence-electron chi connectivity index (χ0n) is 13.3. The maximum atomic E-state index is 12.4. The van der Waals surface area contributed by atoms with Crippen LogP contribution in [0.5, 0.6) is 0 Å². The molecule has 1 N–H and O–H groups in total. The molecule has 0 saturated heterocycles. The molecule has 1 aromatic rings. The molecule has 0 spiro atoms. The maximum Gasteiger partial charge on any atom is 0.223 e. The van der Waals surface area contributed by atoms with Crippen molar-refractivity contribution in [2.45, 2.75) is 46.5 Å². The van der Waals surface area contributed by atoms with Crippen LogP contribution in [0, 0.1) is 17.3 Å². The Balaban J connectivity index is 1.82. The molecule has 0 heterocycles. The standard InChI is InChI=1S/C18H26ClNO/c1-13-9-15(12-18(2,3)11-13)17(21)20-8-7-14-5-4-6-16(19)10-14/h4-6,10,13,15H,7-9,11-12H2,1-3H3,(H,20,21)/t13-,15+/m1/s1. The minimum atomic E-state index is 0.170. The van der Waals surface area contributed by atoms with E-state index in [2.05, 4.69) is 26.1 Å². The average molecular weight is 308 g/mol. The van der Waals surface area contributed by atoms with Gasteiger partial charge in [-0.15, -0.1) is 0 Å². The largest absolute Gasteiger partial charge is 0.356 e. The molecule has 1 saturated carbocycles. The molecule has 0 bridgehead atoms. The molecule has 1 aliphatic rings.